The summed E-state index contributed by atoms with van der Waals surface area (Å²) in [6, 6.07) is 17.1. The topological polar surface area (TPSA) is 37.3 Å². The molecular formula is C21H24O2. The minimum atomic E-state index is -0.843. The Bertz CT molecular complexity index is 641. The Balaban J connectivity index is 1.77. The summed E-state index contributed by atoms with van der Waals surface area (Å²) in [7, 11) is 0. The highest BCUT2D eigenvalue weighted by atomic mass is 16.3. The van der Waals surface area contributed by atoms with Crippen LogP contribution < -0.4 is 0 Å². The Labute approximate surface area is 138 Å². The van der Waals surface area contributed by atoms with Crippen molar-refractivity contribution in [1.29, 1.82) is 0 Å². The van der Waals surface area contributed by atoms with Crippen LogP contribution in [0.25, 0.3) is 0 Å². The van der Waals surface area contributed by atoms with Crippen LogP contribution in [0.3, 0.4) is 0 Å². The molecule has 6 rings (SSSR count). The van der Waals surface area contributed by atoms with Crippen LogP contribution in [-0.2, 0) is 30.5 Å². The zero-order valence-electron chi connectivity index (χ0n) is 13.5. The van der Waals surface area contributed by atoms with Gasteiger partial charge in [0.15, 0.2) is 5.78 Å². The molecule has 4 bridgehead atoms. The third-order valence-electron chi connectivity index (χ3n) is 4.72. The highest BCUT2D eigenvalue weighted by Gasteiger charge is 2.15. The van der Waals surface area contributed by atoms with Crippen molar-refractivity contribution in [3.8, 4) is 0 Å². The van der Waals surface area contributed by atoms with Crippen LogP contribution in [0.5, 0.6) is 0 Å². The number of hydrogen-bond donors (Lipinski definition) is 1. The van der Waals surface area contributed by atoms with Crippen LogP contribution in [0.2, 0.25) is 0 Å². The number of benzene rings is 2. The summed E-state index contributed by atoms with van der Waals surface area (Å²) < 4.78 is 0. The summed E-state index contributed by atoms with van der Waals surface area (Å²) in [5.41, 5.74) is 5.06. The summed E-state index contributed by atoms with van der Waals surface area (Å²) >= 11 is 0. The molecule has 0 unspecified atom stereocenters. The van der Waals surface area contributed by atoms with Gasteiger partial charge in [-0.15, -0.1) is 0 Å². The van der Waals surface area contributed by atoms with Crippen molar-refractivity contribution in [2.45, 2.75) is 51.0 Å². The maximum atomic E-state index is 12.1. The number of aliphatic hydroxyl groups excluding tert-OH is 1. The monoisotopic (exact) mass is 308 g/mol. The molecule has 4 aliphatic rings. The van der Waals surface area contributed by atoms with Gasteiger partial charge in [0, 0.05) is 6.42 Å². The lowest BCUT2D eigenvalue weighted by molar-refractivity contribution is -0.127. The fraction of sp³-hybridized carbons (Fsp3) is 0.381. The summed E-state index contributed by atoms with van der Waals surface area (Å²) in [6.07, 6.45) is 4.87. The lowest BCUT2D eigenvalue weighted by Crippen LogP contribution is -2.21. The molecule has 2 aromatic carbocycles. The van der Waals surface area contributed by atoms with Crippen molar-refractivity contribution in [3.63, 3.8) is 0 Å². The number of hydrogen-bond acceptors (Lipinski definition) is 2. The smallest absolute Gasteiger partial charge is 0.161 e. The average molecular weight is 308 g/mol. The number of aliphatic hydroxyl groups is 1. The van der Waals surface area contributed by atoms with Crippen LogP contribution in [0.15, 0.2) is 48.5 Å². The summed E-state index contributed by atoms with van der Waals surface area (Å²) in [6.45, 7) is 0. The van der Waals surface area contributed by atoms with Crippen molar-refractivity contribution in [2.24, 2.45) is 0 Å². The molecule has 0 fully saturated rings. The van der Waals surface area contributed by atoms with Crippen LogP contribution in [0.1, 0.15) is 41.5 Å². The highest BCUT2D eigenvalue weighted by Crippen LogP contribution is 2.15. The molecule has 4 aliphatic carbocycles. The minimum Gasteiger partial charge on any atom is -0.385 e. The molecule has 0 heterocycles. The van der Waals surface area contributed by atoms with Crippen LogP contribution >= 0.6 is 0 Å². The lowest BCUT2D eigenvalue weighted by Gasteiger charge is -2.10. The molecule has 2 heteroatoms. The molecule has 0 saturated carbocycles. The average Bonchev–Trinajstić information content (AvgIpc) is 2.59. The Morgan fingerprint density at radius 2 is 1.09 bits per heavy atom. The molecule has 2 nitrogen and oxygen atoms in total. The third-order valence-corrected chi connectivity index (χ3v) is 4.72. The number of Topliss-reactive ketones (excluding diaryl/α,β-unsaturated/α-hetero) is 1. The highest BCUT2D eigenvalue weighted by molar-refractivity contribution is 5.83. The van der Waals surface area contributed by atoms with E-state index in [2.05, 4.69) is 48.5 Å². The van der Waals surface area contributed by atoms with Gasteiger partial charge in [-0.25, -0.2) is 0 Å². The van der Waals surface area contributed by atoms with E-state index < -0.39 is 6.10 Å². The largest absolute Gasteiger partial charge is 0.385 e. The number of ketones is 1. The normalized spacial score (nSPS) is 19.7. The second kappa shape index (κ2) is 7.56. The maximum absolute atomic E-state index is 12.1. The van der Waals surface area contributed by atoms with Gasteiger partial charge in [0.05, 0.1) is 0 Å². The van der Waals surface area contributed by atoms with Gasteiger partial charge < -0.3 is 5.11 Å². The molecule has 0 aliphatic heterocycles. The van der Waals surface area contributed by atoms with E-state index in [9.17, 15) is 9.90 Å². The molecule has 0 saturated heterocycles. The second-order valence-electron chi connectivity index (χ2n) is 6.51. The van der Waals surface area contributed by atoms with E-state index in [-0.39, 0.29) is 5.78 Å². The summed E-state index contributed by atoms with van der Waals surface area (Å²) in [4.78, 5) is 12.1. The predicted octanol–water partition coefficient (Wildman–Crippen LogP) is 3.67. The van der Waals surface area contributed by atoms with Gasteiger partial charge in [0.25, 0.3) is 0 Å². The molecular weight excluding hydrogens is 284 g/mol. The van der Waals surface area contributed by atoms with Gasteiger partial charge in [0.1, 0.15) is 6.10 Å². The Morgan fingerprint density at radius 3 is 1.61 bits per heavy atom. The Hall–Kier alpha value is -1.93. The fourth-order valence-corrected chi connectivity index (χ4v) is 3.14. The third kappa shape index (κ3) is 4.52. The zero-order chi connectivity index (χ0) is 16.1. The predicted molar refractivity (Wildman–Crippen MR) is 92.6 cm³/mol. The first-order valence-electron chi connectivity index (χ1n) is 8.57. The Kier molecular flexibility index (Phi) is 5.24. The van der Waals surface area contributed by atoms with Gasteiger partial charge in [0.2, 0.25) is 0 Å². The molecule has 2 aromatic rings. The van der Waals surface area contributed by atoms with Crippen molar-refractivity contribution in [1.82, 2.24) is 0 Å². The van der Waals surface area contributed by atoms with Gasteiger partial charge in [-0.3, -0.25) is 4.79 Å². The second-order valence-corrected chi connectivity index (χ2v) is 6.51. The molecule has 23 heavy (non-hydrogen) atoms. The van der Waals surface area contributed by atoms with Gasteiger partial charge in [-0.2, -0.15) is 0 Å². The van der Waals surface area contributed by atoms with Crippen molar-refractivity contribution in [2.75, 3.05) is 0 Å². The van der Waals surface area contributed by atoms with E-state index in [1.807, 2.05) is 0 Å². The van der Waals surface area contributed by atoms with E-state index in [4.69, 9.17) is 0 Å². The number of carbonyl (C=O) groups is 1. The quantitative estimate of drug-likeness (QED) is 0.806. The van der Waals surface area contributed by atoms with E-state index in [1.54, 1.807) is 0 Å². The molecule has 0 spiro atoms. The molecule has 0 radical (unpaired) electrons. The molecule has 0 amide bonds. The van der Waals surface area contributed by atoms with Gasteiger partial charge >= 0.3 is 0 Å². The standard InChI is InChI=1S/C21H24O2/c22-20-14-12-18-8-4-16(5-9-18)2-1-3-17-6-10-19(11-7-17)13-15-21(20)23/h4-11,20,22H,1-3,12-15H2/t20-/m0/s1. The van der Waals surface area contributed by atoms with E-state index in [0.717, 1.165) is 25.7 Å². The molecule has 120 valence electrons. The van der Waals surface area contributed by atoms with Gasteiger partial charge in [-0.1, -0.05) is 48.5 Å². The van der Waals surface area contributed by atoms with E-state index >= 15 is 0 Å². The number of aryl methyl sites for hydroxylation is 4. The fourth-order valence-electron chi connectivity index (χ4n) is 3.14. The first-order valence-corrected chi connectivity index (χ1v) is 8.57. The van der Waals surface area contributed by atoms with Crippen molar-refractivity contribution < 1.29 is 9.90 Å². The first kappa shape index (κ1) is 15.9. The van der Waals surface area contributed by atoms with Crippen LogP contribution in [-0.4, -0.2) is 17.0 Å². The number of rotatable bonds is 0. The summed E-state index contributed by atoms with van der Waals surface area (Å²) in [5.74, 6) is -0.0463. The minimum absolute atomic E-state index is 0.0463. The molecule has 1 N–H and O–H groups in total. The molecule has 1 atom stereocenters. The van der Waals surface area contributed by atoms with Crippen molar-refractivity contribution in [3.05, 3.63) is 70.8 Å². The SMILES string of the molecule is O=C1CCc2ccc(cc2)CCCc2ccc(cc2)CC[C@@H]1O. The van der Waals surface area contributed by atoms with Crippen LogP contribution in [0.4, 0.5) is 0 Å². The van der Waals surface area contributed by atoms with Crippen molar-refractivity contribution >= 4 is 5.78 Å². The zero-order valence-corrected chi connectivity index (χ0v) is 13.5. The lowest BCUT2D eigenvalue weighted by atomic mass is 9.99. The van der Waals surface area contributed by atoms with Crippen LogP contribution in [0, 0.1) is 0 Å². The molecule has 0 aromatic heterocycles. The summed E-state index contributed by atoms with van der Waals surface area (Å²) in [5, 5.41) is 10.1. The first-order chi connectivity index (χ1) is 11.2. The Morgan fingerprint density at radius 1 is 0.652 bits per heavy atom. The van der Waals surface area contributed by atoms with E-state index in [1.165, 1.54) is 22.3 Å². The number of carbonyl (C=O) groups excluding carboxylic acids is 1. The van der Waals surface area contributed by atoms with Gasteiger partial charge in [-0.05, 0) is 60.8 Å². The van der Waals surface area contributed by atoms with E-state index in [0.29, 0.717) is 19.3 Å². The maximum Gasteiger partial charge on any atom is 0.161 e.